The highest BCUT2D eigenvalue weighted by Crippen LogP contribution is 2.28. The summed E-state index contributed by atoms with van der Waals surface area (Å²) in [5.41, 5.74) is 1.00. The molecule has 1 aromatic rings. The van der Waals surface area contributed by atoms with Gasteiger partial charge in [-0.15, -0.1) is 5.10 Å². The van der Waals surface area contributed by atoms with Crippen LogP contribution in [-0.2, 0) is 15.9 Å². The Hall–Kier alpha value is -2.08. The van der Waals surface area contributed by atoms with Crippen molar-refractivity contribution in [3.63, 3.8) is 0 Å². The zero-order chi connectivity index (χ0) is 14.8. The highest BCUT2D eigenvalue weighted by Gasteiger charge is 2.39. The molecule has 0 bridgehead atoms. The van der Waals surface area contributed by atoms with Crippen LogP contribution in [0.25, 0.3) is 0 Å². The third-order valence-electron chi connectivity index (χ3n) is 3.44. The molecule has 1 aromatic carbocycles. The van der Waals surface area contributed by atoms with Gasteiger partial charge in [-0.25, -0.2) is 4.79 Å². The average Bonchev–Trinajstić information content (AvgIpc) is 2.60. The van der Waals surface area contributed by atoms with Gasteiger partial charge < -0.3 is 14.8 Å². The molecule has 2 rings (SSSR count). The van der Waals surface area contributed by atoms with Gasteiger partial charge in [0.2, 0.25) is 5.90 Å². The summed E-state index contributed by atoms with van der Waals surface area (Å²) in [7, 11) is 4.65. The maximum absolute atomic E-state index is 12.1. The van der Waals surface area contributed by atoms with Crippen molar-refractivity contribution in [3.8, 4) is 0 Å². The van der Waals surface area contributed by atoms with Crippen LogP contribution in [0.15, 0.2) is 29.4 Å². The van der Waals surface area contributed by atoms with Crippen molar-refractivity contribution in [2.45, 2.75) is 19.1 Å². The zero-order valence-corrected chi connectivity index (χ0v) is 12.1. The largest absolute Gasteiger partial charge is 0.480 e. The first-order valence-corrected chi connectivity index (χ1v) is 6.33. The van der Waals surface area contributed by atoms with E-state index >= 15 is 0 Å². The summed E-state index contributed by atoms with van der Waals surface area (Å²) < 4.78 is 10.9. The van der Waals surface area contributed by atoms with Crippen molar-refractivity contribution in [2.75, 3.05) is 21.3 Å². The summed E-state index contributed by atoms with van der Waals surface area (Å²) in [6, 6.07) is 7.40. The van der Waals surface area contributed by atoms with Gasteiger partial charge in [0.25, 0.3) is 0 Å². The van der Waals surface area contributed by atoms with Crippen molar-refractivity contribution in [1.82, 2.24) is 10.3 Å². The minimum atomic E-state index is -0.878. The molecule has 1 unspecified atom stereocenters. The smallest absolute Gasteiger partial charge is 0.340 e. The molecule has 1 heterocycles. The Morgan fingerprint density at radius 2 is 2.10 bits per heavy atom. The van der Waals surface area contributed by atoms with E-state index in [0.29, 0.717) is 12.3 Å². The van der Waals surface area contributed by atoms with Crippen LogP contribution in [0.5, 0.6) is 0 Å². The fourth-order valence-corrected chi connectivity index (χ4v) is 2.24. The van der Waals surface area contributed by atoms with Gasteiger partial charge in [-0.3, -0.25) is 0 Å². The van der Waals surface area contributed by atoms with Gasteiger partial charge in [0.1, 0.15) is 0 Å². The van der Waals surface area contributed by atoms with Crippen molar-refractivity contribution in [1.29, 1.82) is 0 Å². The molecule has 2 amide bonds. The van der Waals surface area contributed by atoms with E-state index in [2.05, 4.69) is 10.4 Å². The maximum Gasteiger partial charge on any atom is 0.340 e. The number of methoxy groups -OCH3 is 2. The fraction of sp³-hybridized carbons (Fsp3) is 0.429. The molecule has 6 heteroatoms. The predicted molar refractivity (Wildman–Crippen MR) is 75.4 cm³/mol. The number of benzene rings is 1. The number of nitrogens with zero attached hydrogens (tertiary/aromatic N) is 2. The summed E-state index contributed by atoms with van der Waals surface area (Å²) in [5.74, 6) is 0.393. The third-order valence-corrected chi connectivity index (χ3v) is 3.44. The molecule has 1 atom stereocenters. The highest BCUT2D eigenvalue weighted by atomic mass is 16.5. The first kappa shape index (κ1) is 14.3. The molecule has 108 valence electrons. The molecule has 20 heavy (non-hydrogen) atoms. The quantitative estimate of drug-likeness (QED) is 0.847. The molecule has 1 N–H and O–H groups in total. The van der Waals surface area contributed by atoms with Crippen molar-refractivity contribution < 1.29 is 14.3 Å². The van der Waals surface area contributed by atoms with E-state index < -0.39 is 5.72 Å². The molecule has 1 aliphatic rings. The number of rotatable bonds is 1. The summed E-state index contributed by atoms with van der Waals surface area (Å²) in [5, 5.41) is 8.17. The van der Waals surface area contributed by atoms with Crippen LogP contribution >= 0.6 is 0 Å². The van der Waals surface area contributed by atoms with Gasteiger partial charge in [-0.2, -0.15) is 5.01 Å². The molecule has 6 nitrogen and oxygen atoms in total. The van der Waals surface area contributed by atoms with Crippen LogP contribution < -0.4 is 5.32 Å². The van der Waals surface area contributed by atoms with Gasteiger partial charge >= 0.3 is 6.03 Å². The van der Waals surface area contributed by atoms with Crippen LogP contribution in [0.3, 0.4) is 0 Å². The Bertz CT molecular complexity index is 544. The predicted octanol–water partition coefficient (Wildman–Crippen LogP) is 1.55. The lowest BCUT2D eigenvalue weighted by Crippen LogP contribution is -2.52. The van der Waals surface area contributed by atoms with Crippen LogP contribution in [0.1, 0.15) is 18.1 Å². The Balaban J connectivity index is 2.59. The molecular formula is C14H19N3O3. The highest BCUT2D eigenvalue weighted by molar-refractivity contribution is 5.96. The van der Waals surface area contributed by atoms with Gasteiger partial charge in [-0.1, -0.05) is 18.2 Å². The monoisotopic (exact) mass is 277 g/mol. The fourth-order valence-electron chi connectivity index (χ4n) is 2.24. The van der Waals surface area contributed by atoms with E-state index in [-0.39, 0.29) is 6.03 Å². The van der Waals surface area contributed by atoms with Crippen molar-refractivity contribution in [2.24, 2.45) is 5.10 Å². The van der Waals surface area contributed by atoms with E-state index in [9.17, 15) is 4.79 Å². The maximum atomic E-state index is 12.1. The summed E-state index contributed by atoms with van der Waals surface area (Å²) in [4.78, 5) is 12.1. The molecular weight excluding hydrogens is 258 g/mol. The molecule has 1 aliphatic heterocycles. The number of urea groups is 1. The molecule has 0 saturated heterocycles. The van der Waals surface area contributed by atoms with Crippen molar-refractivity contribution >= 4 is 11.9 Å². The number of nitrogens with one attached hydrogen (secondary N) is 1. The molecule has 0 fully saturated rings. The van der Waals surface area contributed by atoms with Gasteiger partial charge in [-0.05, 0) is 18.6 Å². The normalized spacial score (nSPS) is 21.6. The van der Waals surface area contributed by atoms with Crippen LogP contribution in [-0.4, -0.2) is 43.9 Å². The Labute approximate surface area is 118 Å². The van der Waals surface area contributed by atoms with Crippen LogP contribution in [0.2, 0.25) is 0 Å². The first-order chi connectivity index (χ1) is 9.55. The van der Waals surface area contributed by atoms with E-state index in [1.807, 2.05) is 31.2 Å². The number of hydrogen-bond donors (Lipinski definition) is 1. The molecule has 0 aliphatic carbocycles. The van der Waals surface area contributed by atoms with Gasteiger partial charge in [0, 0.05) is 26.1 Å². The number of carbonyl (C=O) groups is 1. The SMILES string of the molecule is CNC(=O)N1N=C(OC)c2ccccc2CC1(C)OC. The number of fused-ring (bicyclic) bond motifs is 1. The lowest BCUT2D eigenvalue weighted by atomic mass is 9.99. The minimum absolute atomic E-state index is 0.350. The lowest BCUT2D eigenvalue weighted by molar-refractivity contribution is -0.0969. The number of carbonyl (C=O) groups excluding carboxylic acids is 1. The minimum Gasteiger partial charge on any atom is -0.480 e. The van der Waals surface area contributed by atoms with Crippen LogP contribution in [0, 0.1) is 0 Å². The summed E-state index contributed by atoms with van der Waals surface area (Å²) >= 11 is 0. The second kappa shape index (κ2) is 5.50. The van der Waals surface area contributed by atoms with Gasteiger partial charge in [0.05, 0.1) is 7.11 Å². The van der Waals surface area contributed by atoms with Crippen LogP contribution in [0.4, 0.5) is 4.79 Å². The second-order valence-corrected chi connectivity index (χ2v) is 4.69. The average molecular weight is 277 g/mol. The zero-order valence-electron chi connectivity index (χ0n) is 12.1. The van der Waals surface area contributed by atoms with E-state index in [4.69, 9.17) is 9.47 Å². The Morgan fingerprint density at radius 1 is 1.40 bits per heavy atom. The van der Waals surface area contributed by atoms with Crippen molar-refractivity contribution in [3.05, 3.63) is 35.4 Å². The molecule has 0 spiro atoms. The summed E-state index contributed by atoms with van der Waals surface area (Å²) in [6.07, 6.45) is 0.517. The Morgan fingerprint density at radius 3 is 2.70 bits per heavy atom. The number of hydrogen-bond acceptors (Lipinski definition) is 4. The number of ether oxygens (including phenoxy) is 2. The van der Waals surface area contributed by atoms with E-state index in [1.165, 1.54) is 12.1 Å². The Kier molecular flexibility index (Phi) is 3.94. The molecule has 0 radical (unpaired) electrons. The number of amides is 2. The number of hydrazone groups is 1. The van der Waals surface area contributed by atoms with Gasteiger partial charge in [0.15, 0.2) is 5.72 Å². The lowest BCUT2D eigenvalue weighted by Gasteiger charge is -2.34. The topological polar surface area (TPSA) is 63.2 Å². The molecule has 0 saturated carbocycles. The molecule has 0 aromatic heterocycles. The third kappa shape index (κ3) is 2.34. The first-order valence-electron chi connectivity index (χ1n) is 6.33. The second-order valence-electron chi connectivity index (χ2n) is 4.69. The van der Waals surface area contributed by atoms with E-state index in [0.717, 1.165) is 11.1 Å². The standard InChI is InChI=1S/C14H19N3O3/c1-14(20-4)9-10-7-5-6-8-11(10)12(19-3)16-17(14)13(18)15-2/h5-8H,9H2,1-4H3,(H,15,18). The summed E-state index contributed by atoms with van der Waals surface area (Å²) in [6.45, 7) is 1.82. The van der Waals surface area contributed by atoms with E-state index in [1.54, 1.807) is 14.2 Å².